The summed E-state index contributed by atoms with van der Waals surface area (Å²) in [6.45, 7) is 4.35. The van der Waals surface area contributed by atoms with Gasteiger partial charge < -0.3 is 15.3 Å². The maximum atomic E-state index is 13.5. The van der Waals surface area contributed by atoms with Crippen molar-refractivity contribution in [3.05, 3.63) is 23.8 Å². The standard InChI is InChI=1S/C24H35F2N3O4S/c1-17-4-5-22(34(32,33)29-13-2-3-20(29)23(30)31)21(15-17)28-14-9-18(16-28)8-12-27-19-6-10-24(25,26)11-7-19/h4-5,15,18-20,27H,2-3,6-14,16H2,1H3,(H,30,31)/t18?,20-/m0/s1. The molecule has 2 aliphatic heterocycles. The van der Waals surface area contributed by atoms with Gasteiger partial charge in [-0.05, 0) is 75.6 Å². The smallest absolute Gasteiger partial charge is 0.322 e. The lowest BCUT2D eigenvalue weighted by Crippen LogP contribution is -2.41. The van der Waals surface area contributed by atoms with E-state index >= 15 is 0 Å². The van der Waals surface area contributed by atoms with E-state index in [9.17, 15) is 27.1 Å². The first-order chi connectivity index (χ1) is 16.1. The highest BCUT2D eigenvalue weighted by Crippen LogP contribution is 2.36. The van der Waals surface area contributed by atoms with E-state index in [1.54, 1.807) is 12.1 Å². The fourth-order valence-corrected chi connectivity index (χ4v) is 7.36. The molecule has 1 aromatic carbocycles. The topological polar surface area (TPSA) is 90.0 Å². The van der Waals surface area contributed by atoms with Crippen molar-refractivity contribution in [2.24, 2.45) is 5.92 Å². The number of alkyl halides is 2. The van der Waals surface area contributed by atoms with Gasteiger partial charge in [0, 0.05) is 38.5 Å². The van der Waals surface area contributed by atoms with Crippen LogP contribution >= 0.6 is 0 Å². The Labute approximate surface area is 200 Å². The zero-order valence-electron chi connectivity index (χ0n) is 19.7. The van der Waals surface area contributed by atoms with E-state index in [1.807, 2.05) is 13.0 Å². The number of nitrogens with zero attached hydrogens (tertiary/aromatic N) is 2. The molecule has 1 aliphatic carbocycles. The maximum absolute atomic E-state index is 13.5. The molecule has 0 bridgehead atoms. The Morgan fingerprint density at radius 2 is 1.91 bits per heavy atom. The van der Waals surface area contributed by atoms with Crippen LogP contribution in [0.4, 0.5) is 14.5 Å². The van der Waals surface area contributed by atoms with Crippen LogP contribution in [0.3, 0.4) is 0 Å². The number of benzene rings is 1. The molecule has 0 amide bonds. The summed E-state index contributed by atoms with van der Waals surface area (Å²) >= 11 is 0. The molecule has 7 nitrogen and oxygen atoms in total. The predicted octanol–water partition coefficient (Wildman–Crippen LogP) is 3.62. The van der Waals surface area contributed by atoms with Crippen molar-refractivity contribution in [2.45, 2.75) is 81.2 Å². The van der Waals surface area contributed by atoms with E-state index in [1.165, 1.54) is 0 Å². The Kier molecular flexibility index (Phi) is 7.50. The van der Waals surface area contributed by atoms with Gasteiger partial charge in [0.2, 0.25) is 15.9 Å². The van der Waals surface area contributed by atoms with Crippen LogP contribution in [0.25, 0.3) is 0 Å². The third kappa shape index (κ3) is 5.54. The number of sulfonamides is 1. The fraction of sp³-hybridized carbons (Fsp3) is 0.708. The lowest BCUT2D eigenvalue weighted by Gasteiger charge is -2.29. The van der Waals surface area contributed by atoms with Crippen LogP contribution in [0.15, 0.2) is 23.1 Å². The Balaban J connectivity index is 1.40. The number of aliphatic carboxylic acids is 1. The predicted molar refractivity (Wildman–Crippen MR) is 126 cm³/mol. The largest absolute Gasteiger partial charge is 0.480 e. The first kappa shape index (κ1) is 25.3. The first-order valence-corrected chi connectivity index (χ1v) is 13.7. The molecule has 0 aromatic heterocycles. The van der Waals surface area contributed by atoms with Gasteiger partial charge >= 0.3 is 5.97 Å². The average molecular weight is 500 g/mol. The Bertz CT molecular complexity index is 994. The average Bonchev–Trinajstić information content (AvgIpc) is 3.45. The van der Waals surface area contributed by atoms with E-state index < -0.39 is 28.0 Å². The molecule has 2 atom stereocenters. The number of anilines is 1. The third-order valence-electron chi connectivity index (χ3n) is 7.52. The van der Waals surface area contributed by atoms with Crippen LogP contribution in [0.1, 0.15) is 56.9 Å². The number of rotatable bonds is 8. The van der Waals surface area contributed by atoms with Gasteiger partial charge in [-0.25, -0.2) is 17.2 Å². The van der Waals surface area contributed by atoms with Crippen LogP contribution < -0.4 is 10.2 Å². The van der Waals surface area contributed by atoms with Gasteiger partial charge in [-0.1, -0.05) is 6.07 Å². The van der Waals surface area contributed by atoms with Gasteiger partial charge in [0.15, 0.2) is 0 Å². The van der Waals surface area contributed by atoms with Crippen LogP contribution in [0, 0.1) is 12.8 Å². The molecular weight excluding hydrogens is 464 g/mol. The first-order valence-electron chi connectivity index (χ1n) is 12.3. The summed E-state index contributed by atoms with van der Waals surface area (Å²) in [5, 5.41) is 12.9. The molecule has 34 heavy (non-hydrogen) atoms. The minimum absolute atomic E-state index is 0.0494. The zero-order valence-corrected chi connectivity index (χ0v) is 20.5. The van der Waals surface area contributed by atoms with Crippen molar-refractivity contribution in [3.8, 4) is 0 Å². The zero-order chi connectivity index (χ0) is 24.5. The van der Waals surface area contributed by atoms with E-state index in [4.69, 9.17) is 0 Å². The van der Waals surface area contributed by atoms with Gasteiger partial charge in [-0.15, -0.1) is 0 Å². The molecule has 2 N–H and O–H groups in total. The summed E-state index contributed by atoms with van der Waals surface area (Å²) in [4.78, 5) is 13.9. The van der Waals surface area contributed by atoms with Crippen molar-refractivity contribution >= 4 is 21.7 Å². The highest BCUT2D eigenvalue weighted by Gasteiger charge is 2.41. The van der Waals surface area contributed by atoms with Crippen LogP contribution in [0.5, 0.6) is 0 Å². The lowest BCUT2D eigenvalue weighted by molar-refractivity contribution is -0.140. The number of halogens is 2. The molecule has 10 heteroatoms. The van der Waals surface area contributed by atoms with E-state index in [0.717, 1.165) is 42.3 Å². The van der Waals surface area contributed by atoms with Gasteiger partial charge in [0.05, 0.1) is 5.69 Å². The molecule has 2 saturated heterocycles. The minimum Gasteiger partial charge on any atom is -0.480 e. The Morgan fingerprint density at radius 3 is 2.62 bits per heavy atom. The van der Waals surface area contributed by atoms with E-state index in [0.29, 0.717) is 37.3 Å². The third-order valence-corrected chi connectivity index (χ3v) is 9.47. The lowest BCUT2D eigenvalue weighted by atomic mass is 9.92. The van der Waals surface area contributed by atoms with Gasteiger partial charge in [-0.3, -0.25) is 4.79 Å². The number of nitrogens with one attached hydrogen (secondary N) is 1. The van der Waals surface area contributed by atoms with Crippen LogP contribution in [-0.2, 0) is 14.8 Å². The maximum Gasteiger partial charge on any atom is 0.322 e. The van der Waals surface area contributed by atoms with Crippen molar-refractivity contribution in [1.29, 1.82) is 0 Å². The molecular formula is C24H35F2N3O4S. The number of aryl methyl sites for hydroxylation is 1. The van der Waals surface area contributed by atoms with Crippen molar-refractivity contribution in [1.82, 2.24) is 9.62 Å². The summed E-state index contributed by atoms with van der Waals surface area (Å²) in [5.41, 5.74) is 1.59. The van der Waals surface area contributed by atoms with Crippen molar-refractivity contribution in [3.63, 3.8) is 0 Å². The van der Waals surface area contributed by atoms with Gasteiger partial charge in [-0.2, -0.15) is 4.31 Å². The molecule has 190 valence electrons. The number of carboxylic acids is 1. The molecule has 1 saturated carbocycles. The Morgan fingerprint density at radius 1 is 1.18 bits per heavy atom. The van der Waals surface area contributed by atoms with Gasteiger partial charge in [0.25, 0.3) is 0 Å². The summed E-state index contributed by atoms with van der Waals surface area (Å²) < 4.78 is 54.8. The van der Waals surface area contributed by atoms with E-state index in [-0.39, 0.29) is 30.3 Å². The molecule has 1 aromatic rings. The van der Waals surface area contributed by atoms with Crippen LogP contribution in [-0.4, -0.2) is 68.0 Å². The number of hydrogen-bond donors (Lipinski definition) is 2. The fourth-order valence-electron chi connectivity index (χ4n) is 5.52. The molecule has 3 fully saturated rings. The molecule has 1 unspecified atom stereocenters. The summed E-state index contributed by atoms with van der Waals surface area (Å²) in [6, 6.07) is 4.37. The SMILES string of the molecule is Cc1ccc(S(=O)(=O)N2CCC[C@H]2C(=O)O)c(N2CCC(CCNC3CCC(F)(F)CC3)C2)c1. The quantitative estimate of drug-likeness (QED) is 0.568. The van der Waals surface area contributed by atoms with Crippen molar-refractivity contribution < 1.29 is 27.1 Å². The van der Waals surface area contributed by atoms with Crippen molar-refractivity contribution in [2.75, 3.05) is 31.1 Å². The summed E-state index contributed by atoms with van der Waals surface area (Å²) in [6.07, 6.45) is 3.61. The normalized spacial score (nSPS) is 26.3. The second-order valence-electron chi connectivity index (χ2n) is 10.1. The highest BCUT2D eigenvalue weighted by atomic mass is 32.2. The number of carbonyl (C=O) groups is 1. The summed E-state index contributed by atoms with van der Waals surface area (Å²) in [7, 11) is -3.94. The monoisotopic (exact) mass is 499 g/mol. The molecule has 0 spiro atoms. The molecule has 2 heterocycles. The molecule has 4 rings (SSSR count). The number of hydrogen-bond acceptors (Lipinski definition) is 5. The summed E-state index contributed by atoms with van der Waals surface area (Å²) in [5.74, 6) is -3.24. The number of carboxylic acid groups (broad SMARTS) is 1. The highest BCUT2D eigenvalue weighted by molar-refractivity contribution is 7.89. The van der Waals surface area contributed by atoms with Crippen LogP contribution in [0.2, 0.25) is 0 Å². The minimum atomic E-state index is -3.94. The second kappa shape index (κ2) is 10.1. The second-order valence-corrected chi connectivity index (χ2v) is 11.9. The molecule has 3 aliphatic rings. The Hall–Kier alpha value is -1.78. The van der Waals surface area contributed by atoms with Gasteiger partial charge in [0.1, 0.15) is 10.9 Å². The van der Waals surface area contributed by atoms with E-state index in [2.05, 4.69) is 10.2 Å². The molecule has 0 radical (unpaired) electrons.